The van der Waals surface area contributed by atoms with Crippen LogP contribution in [-0.4, -0.2) is 43.0 Å². The van der Waals surface area contributed by atoms with Gasteiger partial charge in [-0.05, 0) is 43.3 Å². The Kier molecular flexibility index (Phi) is 7.49. The Morgan fingerprint density at radius 3 is 2.28 bits per heavy atom. The van der Waals surface area contributed by atoms with Crippen LogP contribution in [0.25, 0.3) is 26.3 Å². The molecule has 0 unspecified atom stereocenters. The molecule has 0 saturated heterocycles. The Bertz CT molecular complexity index is 1510. The second-order valence-corrected chi connectivity index (χ2v) is 8.67. The number of hydrogen-bond donors (Lipinski definition) is 1. The first kappa shape index (κ1) is 25.1. The monoisotopic (exact) mass is 506 g/mol. The van der Waals surface area contributed by atoms with Crippen LogP contribution in [0, 0.1) is 6.92 Å². The van der Waals surface area contributed by atoms with Crippen LogP contribution in [-0.2, 0) is 0 Å². The summed E-state index contributed by atoms with van der Waals surface area (Å²) in [4.78, 5) is 5.58. The molecule has 0 bridgehead atoms. The van der Waals surface area contributed by atoms with E-state index < -0.39 is 0 Å². The Morgan fingerprint density at radius 2 is 1.58 bits per heavy atom. The number of anilines is 2. The van der Waals surface area contributed by atoms with E-state index in [4.69, 9.17) is 24.0 Å². The summed E-state index contributed by atoms with van der Waals surface area (Å²) >= 11 is 1.64. The van der Waals surface area contributed by atoms with Crippen LogP contribution < -0.4 is 24.3 Å². The molecule has 0 saturated carbocycles. The van der Waals surface area contributed by atoms with Crippen LogP contribution in [0.15, 0.2) is 48.7 Å². The van der Waals surface area contributed by atoms with Gasteiger partial charge in [0.1, 0.15) is 17.2 Å². The maximum absolute atomic E-state index is 5.70. The number of nitrogens with one attached hydrogen (secondary N) is 1. The van der Waals surface area contributed by atoms with Gasteiger partial charge in [-0.25, -0.2) is 9.50 Å². The molecule has 5 rings (SSSR count). The van der Waals surface area contributed by atoms with Crippen LogP contribution >= 0.6 is 11.3 Å². The highest BCUT2D eigenvalue weighted by Gasteiger charge is 2.17. The second kappa shape index (κ2) is 10.7. The molecule has 36 heavy (non-hydrogen) atoms. The molecule has 0 aliphatic carbocycles. The molecule has 0 atom stereocenters. The molecule has 3 aromatic heterocycles. The van der Waals surface area contributed by atoms with E-state index in [1.807, 2.05) is 67.9 Å². The first-order chi connectivity index (χ1) is 17.6. The van der Waals surface area contributed by atoms with E-state index in [-0.39, 0.29) is 0 Å². The van der Waals surface area contributed by atoms with E-state index in [9.17, 15) is 0 Å². The van der Waals surface area contributed by atoms with E-state index in [1.54, 1.807) is 39.8 Å². The van der Waals surface area contributed by atoms with E-state index in [1.165, 1.54) is 0 Å². The zero-order valence-electron chi connectivity index (χ0n) is 21.5. The Labute approximate surface area is 214 Å². The maximum Gasteiger partial charge on any atom is 0.162 e. The quantitative estimate of drug-likeness (QED) is 0.262. The molecule has 0 amide bonds. The maximum atomic E-state index is 5.70. The van der Waals surface area contributed by atoms with Crippen molar-refractivity contribution in [1.29, 1.82) is 0 Å². The topological polar surface area (TPSA) is 79.1 Å². The van der Waals surface area contributed by atoms with Crippen molar-refractivity contribution in [3.05, 3.63) is 54.2 Å². The molecule has 3 heterocycles. The molecule has 8 nitrogen and oxygen atoms in total. The molecular weight excluding hydrogens is 476 g/mol. The molecule has 0 radical (unpaired) electrons. The van der Waals surface area contributed by atoms with Gasteiger partial charge in [0.05, 0.1) is 39.5 Å². The van der Waals surface area contributed by atoms with Crippen molar-refractivity contribution in [3.8, 4) is 33.6 Å². The Morgan fingerprint density at radius 1 is 0.833 bits per heavy atom. The fourth-order valence-corrected chi connectivity index (χ4v) is 5.09. The molecule has 0 spiro atoms. The fraction of sp³-hybridized carbons (Fsp3) is 0.259. The van der Waals surface area contributed by atoms with Crippen molar-refractivity contribution in [2.24, 2.45) is 0 Å². The summed E-state index contributed by atoms with van der Waals surface area (Å²) < 4.78 is 24.9. The fourth-order valence-electron chi connectivity index (χ4n) is 4.00. The number of benzene rings is 2. The third-order valence-corrected chi connectivity index (χ3v) is 6.78. The lowest BCUT2D eigenvalue weighted by molar-refractivity contribution is 0.355. The lowest BCUT2D eigenvalue weighted by atomic mass is 10.1. The summed E-state index contributed by atoms with van der Waals surface area (Å²) in [6, 6.07) is 13.6. The summed E-state index contributed by atoms with van der Waals surface area (Å²) in [7, 11) is 6.58. The zero-order chi connectivity index (χ0) is 25.8. The van der Waals surface area contributed by atoms with Gasteiger partial charge in [-0.15, -0.1) is 16.4 Å². The largest absolute Gasteiger partial charge is 0.496 e. The highest BCUT2D eigenvalue weighted by Crippen LogP contribution is 2.43. The van der Waals surface area contributed by atoms with Gasteiger partial charge in [0.2, 0.25) is 0 Å². The Balaban J connectivity index is 0.00000148. The van der Waals surface area contributed by atoms with E-state index >= 15 is 0 Å². The number of thiophene rings is 1. The van der Waals surface area contributed by atoms with E-state index in [0.717, 1.165) is 49.1 Å². The van der Waals surface area contributed by atoms with E-state index in [2.05, 4.69) is 16.4 Å². The summed E-state index contributed by atoms with van der Waals surface area (Å²) in [6.45, 7) is 6.00. The van der Waals surface area contributed by atoms with Crippen molar-refractivity contribution >= 4 is 38.6 Å². The molecule has 188 valence electrons. The molecular formula is C27H30N4O4S. The number of ether oxygens (including phenoxy) is 4. The number of fused-ring (bicyclic) bond motifs is 2. The first-order valence-corrected chi connectivity index (χ1v) is 12.4. The number of hydrogen-bond acceptors (Lipinski definition) is 8. The molecule has 1 N–H and O–H groups in total. The average molecular weight is 507 g/mol. The van der Waals surface area contributed by atoms with Gasteiger partial charge in [0, 0.05) is 27.4 Å². The lowest BCUT2D eigenvalue weighted by Gasteiger charge is -2.11. The number of aromatic nitrogens is 3. The van der Waals surface area contributed by atoms with Gasteiger partial charge in [-0.3, -0.25) is 0 Å². The molecule has 0 aliphatic rings. The minimum atomic E-state index is 0.641. The zero-order valence-corrected chi connectivity index (χ0v) is 22.3. The third kappa shape index (κ3) is 4.49. The average Bonchev–Trinajstić information content (AvgIpc) is 3.53. The highest BCUT2D eigenvalue weighted by molar-refractivity contribution is 7.22. The summed E-state index contributed by atoms with van der Waals surface area (Å²) in [5, 5.41) is 9.16. The summed E-state index contributed by atoms with van der Waals surface area (Å²) in [5.41, 5.74) is 3.46. The van der Waals surface area contributed by atoms with Crippen molar-refractivity contribution in [2.45, 2.75) is 20.8 Å². The van der Waals surface area contributed by atoms with Crippen LogP contribution in [0.4, 0.5) is 11.5 Å². The van der Waals surface area contributed by atoms with Gasteiger partial charge in [-0.2, -0.15) is 0 Å². The standard InChI is InChI=1S/C25H24N4O4S.C2H6/c1-14-19(31-3)12-21-16(25(14)33-5)11-22(34-21)17-13-26-24-9-8-23(28-29(17)24)27-15-6-7-18(30-2)20(10-15)32-4;1-2/h6-13H,1-5H3,(H,27,28);1-2H3. The first-order valence-electron chi connectivity index (χ1n) is 11.6. The van der Waals surface area contributed by atoms with Crippen molar-refractivity contribution in [1.82, 2.24) is 14.6 Å². The predicted molar refractivity (Wildman–Crippen MR) is 146 cm³/mol. The van der Waals surface area contributed by atoms with E-state index in [0.29, 0.717) is 17.3 Å². The van der Waals surface area contributed by atoms with Crippen molar-refractivity contribution < 1.29 is 18.9 Å². The molecule has 9 heteroatoms. The van der Waals surface area contributed by atoms with Gasteiger partial charge in [0.15, 0.2) is 23.0 Å². The lowest BCUT2D eigenvalue weighted by Crippen LogP contribution is -2.00. The molecule has 0 aliphatic heterocycles. The minimum Gasteiger partial charge on any atom is -0.496 e. The SMILES string of the molecule is CC.COc1ccc(Nc2ccc3ncc(-c4cc5c(OC)c(C)c(OC)cc5s4)n3n2)cc1OC. The van der Waals surface area contributed by atoms with Crippen LogP contribution in [0.5, 0.6) is 23.0 Å². The molecule has 5 aromatic rings. The normalized spacial score (nSPS) is 10.6. The summed E-state index contributed by atoms with van der Waals surface area (Å²) in [6.07, 6.45) is 1.84. The number of methoxy groups -OCH3 is 4. The van der Waals surface area contributed by atoms with Gasteiger partial charge in [-0.1, -0.05) is 13.8 Å². The molecule has 0 fully saturated rings. The van der Waals surface area contributed by atoms with Crippen LogP contribution in [0.2, 0.25) is 0 Å². The van der Waals surface area contributed by atoms with Gasteiger partial charge in [0.25, 0.3) is 0 Å². The van der Waals surface area contributed by atoms with Gasteiger partial charge >= 0.3 is 0 Å². The second-order valence-electron chi connectivity index (χ2n) is 7.59. The predicted octanol–water partition coefficient (Wildman–Crippen LogP) is 6.72. The van der Waals surface area contributed by atoms with Crippen LogP contribution in [0.3, 0.4) is 0 Å². The number of nitrogens with zero attached hydrogens (tertiary/aromatic N) is 3. The molecule has 2 aromatic carbocycles. The van der Waals surface area contributed by atoms with Crippen molar-refractivity contribution in [2.75, 3.05) is 33.8 Å². The number of rotatable bonds is 7. The summed E-state index contributed by atoms with van der Waals surface area (Å²) in [5.74, 6) is 3.60. The van der Waals surface area contributed by atoms with Crippen molar-refractivity contribution in [3.63, 3.8) is 0 Å². The smallest absolute Gasteiger partial charge is 0.162 e. The number of imidazole rings is 1. The minimum absolute atomic E-state index is 0.641. The third-order valence-electron chi connectivity index (χ3n) is 5.67. The Hall–Kier alpha value is -3.98. The highest BCUT2D eigenvalue weighted by atomic mass is 32.1. The van der Waals surface area contributed by atoms with Crippen LogP contribution in [0.1, 0.15) is 19.4 Å². The van der Waals surface area contributed by atoms with Gasteiger partial charge < -0.3 is 24.3 Å².